The van der Waals surface area contributed by atoms with Crippen LogP contribution in [0.1, 0.15) is 65.7 Å². The molecule has 2 nitrogen and oxygen atoms in total. The van der Waals surface area contributed by atoms with Crippen LogP contribution >= 0.6 is 0 Å². The molecule has 19 heavy (non-hydrogen) atoms. The molecule has 0 aromatic carbocycles. The van der Waals surface area contributed by atoms with Crippen LogP contribution < -0.4 is 5.73 Å². The van der Waals surface area contributed by atoms with Gasteiger partial charge in [-0.05, 0) is 56.4 Å². The van der Waals surface area contributed by atoms with Crippen molar-refractivity contribution in [2.24, 2.45) is 23.5 Å². The topological polar surface area (TPSA) is 29.3 Å². The van der Waals surface area contributed by atoms with E-state index in [4.69, 9.17) is 5.73 Å². The molecule has 2 aliphatic rings. The number of hydrogen-bond acceptors (Lipinski definition) is 2. The molecule has 0 radical (unpaired) electrons. The molecule has 3 atom stereocenters. The smallest absolute Gasteiger partial charge is 0.0249 e. The SMILES string of the molecule is CC(C)CCN(C1CC1)C(CN)C1CCCC(C)C1. The van der Waals surface area contributed by atoms with Crippen LogP contribution in [0.3, 0.4) is 0 Å². The number of nitrogens with two attached hydrogens (primary N) is 1. The van der Waals surface area contributed by atoms with Crippen molar-refractivity contribution in [3.05, 3.63) is 0 Å². The summed E-state index contributed by atoms with van der Waals surface area (Å²) in [4.78, 5) is 2.79. The Kier molecular flexibility index (Phi) is 5.70. The zero-order chi connectivity index (χ0) is 13.8. The van der Waals surface area contributed by atoms with Crippen LogP contribution in [0.2, 0.25) is 0 Å². The van der Waals surface area contributed by atoms with E-state index >= 15 is 0 Å². The molecule has 112 valence electrons. The summed E-state index contributed by atoms with van der Waals surface area (Å²) in [7, 11) is 0. The highest BCUT2D eigenvalue weighted by molar-refractivity contribution is 4.93. The summed E-state index contributed by atoms with van der Waals surface area (Å²) < 4.78 is 0. The first-order chi connectivity index (χ1) is 9.11. The minimum absolute atomic E-state index is 0.661. The summed E-state index contributed by atoms with van der Waals surface area (Å²) in [6.07, 6.45) is 9.83. The molecule has 0 saturated heterocycles. The van der Waals surface area contributed by atoms with Crippen molar-refractivity contribution >= 4 is 0 Å². The average Bonchev–Trinajstić information content (AvgIpc) is 3.18. The van der Waals surface area contributed by atoms with Crippen molar-refractivity contribution in [2.45, 2.75) is 77.8 Å². The predicted molar refractivity (Wildman–Crippen MR) is 83.1 cm³/mol. The minimum Gasteiger partial charge on any atom is -0.329 e. The maximum atomic E-state index is 6.18. The number of nitrogens with zero attached hydrogens (tertiary/aromatic N) is 1. The second kappa shape index (κ2) is 7.08. The fourth-order valence-corrected chi connectivity index (χ4v) is 3.86. The molecule has 0 aromatic heterocycles. The highest BCUT2D eigenvalue weighted by Crippen LogP contribution is 2.37. The Morgan fingerprint density at radius 2 is 1.89 bits per heavy atom. The molecule has 0 bridgehead atoms. The van der Waals surface area contributed by atoms with Gasteiger partial charge >= 0.3 is 0 Å². The standard InChI is InChI=1S/C17H34N2/c1-13(2)9-10-19(16-7-8-16)17(12-18)15-6-4-5-14(3)11-15/h13-17H,4-12,18H2,1-3H3. The third-order valence-corrected chi connectivity index (χ3v) is 5.17. The molecule has 3 unspecified atom stereocenters. The van der Waals surface area contributed by atoms with Crippen LogP contribution in [0.15, 0.2) is 0 Å². The lowest BCUT2D eigenvalue weighted by atomic mass is 9.78. The van der Waals surface area contributed by atoms with E-state index in [0.29, 0.717) is 6.04 Å². The Labute approximate surface area is 120 Å². The van der Waals surface area contributed by atoms with Gasteiger partial charge in [0, 0.05) is 18.6 Å². The van der Waals surface area contributed by atoms with E-state index in [2.05, 4.69) is 25.7 Å². The van der Waals surface area contributed by atoms with Crippen LogP contribution in [-0.2, 0) is 0 Å². The maximum absolute atomic E-state index is 6.18. The van der Waals surface area contributed by atoms with Gasteiger partial charge in [0.2, 0.25) is 0 Å². The Morgan fingerprint density at radius 1 is 1.16 bits per heavy atom. The fraction of sp³-hybridized carbons (Fsp3) is 1.00. The summed E-state index contributed by atoms with van der Waals surface area (Å²) in [6.45, 7) is 9.24. The van der Waals surface area contributed by atoms with Gasteiger partial charge in [0.25, 0.3) is 0 Å². The van der Waals surface area contributed by atoms with Crippen molar-refractivity contribution in [1.29, 1.82) is 0 Å². The Morgan fingerprint density at radius 3 is 2.42 bits per heavy atom. The predicted octanol–water partition coefficient (Wildman–Crippen LogP) is 3.65. The zero-order valence-corrected chi connectivity index (χ0v) is 13.3. The van der Waals surface area contributed by atoms with E-state index in [0.717, 1.165) is 30.3 Å². The maximum Gasteiger partial charge on any atom is 0.0249 e. The van der Waals surface area contributed by atoms with Gasteiger partial charge < -0.3 is 5.73 Å². The Bertz CT molecular complexity index is 260. The summed E-state index contributed by atoms with van der Waals surface area (Å²) >= 11 is 0. The average molecular weight is 266 g/mol. The molecule has 2 aliphatic carbocycles. The summed E-state index contributed by atoms with van der Waals surface area (Å²) in [6, 6.07) is 1.53. The van der Waals surface area contributed by atoms with E-state index in [1.807, 2.05) is 0 Å². The highest BCUT2D eigenvalue weighted by atomic mass is 15.2. The van der Waals surface area contributed by atoms with Crippen molar-refractivity contribution in [3.63, 3.8) is 0 Å². The first-order valence-electron chi connectivity index (χ1n) is 8.57. The second-order valence-corrected chi connectivity index (χ2v) is 7.49. The monoisotopic (exact) mass is 266 g/mol. The molecule has 2 heteroatoms. The lowest BCUT2D eigenvalue weighted by Crippen LogP contribution is -2.48. The first-order valence-corrected chi connectivity index (χ1v) is 8.57. The summed E-state index contributed by atoms with van der Waals surface area (Å²) in [5, 5.41) is 0. The van der Waals surface area contributed by atoms with Crippen molar-refractivity contribution in [3.8, 4) is 0 Å². The van der Waals surface area contributed by atoms with Crippen LogP contribution in [0, 0.1) is 17.8 Å². The molecular weight excluding hydrogens is 232 g/mol. The molecule has 0 aromatic rings. The van der Waals surface area contributed by atoms with Crippen LogP contribution in [-0.4, -0.2) is 30.1 Å². The van der Waals surface area contributed by atoms with E-state index in [1.165, 1.54) is 51.5 Å². The van der Waals surface area contributed by atoms with Gasteiger partial charge in [0.15, 0.2) is 0 Å². The van der Waals surface area contributed by atoms with Gasteiger partial charge in [-0.25, -0.2) is 0 Å². The second-order valence-electron chi connectivity index (χ2n) is 7.49. The van der Waals surface area contributed by atoms with Gasteiger partial charge in [-0.2, -0.15) is 0 Å². The quantitative estimate of drug-likeness (QED) is 0.762. The number of hydrogen-bond donors (Lipinski definition) is 1. The summed E-state index contributed by atoms with van der Waals surface area (Å²) in [5.41, 5.74) is 6.18. The van der Waals surface area contributed by atoms with Gasteiger partial charge in [-0.15, -0.1) is 0 Å². The van der Waals surface area contributed by atoms with Crippen molar-refractivity contribution < 1.29 is 0 Å². The molecule has 0 amide bonds. The van der Waals surface area contributed by atoms with Gasteiger partial charge in [-0.3, -0.25) is 4.90 Å². The molecule has 2 fully saturated rings. The first kappa shape index (κ1) is 15.3. The third kappa shape index (κ3) is 4.46. The molecule has 0 heterocycles. The molecule has 2 N–H and O–H groups in total. The van der Waals surface area contributed by atoms with Crippen LogP contribution in [0.4, 0.5) is 0 Å². The molecular formula is C17H34N2. The Balaban J connectivity index is 1.95. The highest BCUT2D eigenvalue weighted by Gasteiger charge is 2.37. The zero-order valence-electron chi connectivity index (χ0n) is 13.3. The van der Waals surface area contributed by atoms with Crippen molar-refractivity contribution in [2.75, 3.05) is 13.1 Å². The van der Waals surface area contributed by atoms with Crippen LogP contribution in [0.5, 0.6) is 0 Å². The van der Waals surface area contributed by atoms with E-state index in [9.17, 15) is 0 Å². The molecule has 2 rings (SSSR count). The largest absolute Gasteiger partial charge is 0.329 e. The lowest BCUT2D eigenvalue weighted by Gasteiger charge is -2.40. The van der Waals surface area contributed by atoms with Crippen molar-refractivity contribution in [1.82, 2.24) is 4.90 Å². The van der Waals surface area contributed by atoms with Gasteiger partial charge in [-0.1, -0.05) is 33.6 Å². The summed E-state index contributed by atoms with van der Waals surface area (Å²) in [5.74, 6) is 2.59. The van der Waals surface area contributed by atoms with Gasteiger partial charge in [0.1, 0.15) is 0 Å². The van der Waals surface area contributed by atoms with E-state index in [1.54, 1.807) is 0 Å². The third-order valence-electron chi connectivity index (χ3n) is 5.17. The van der Waals surface area contributed by atoms with E-state index in [-0.39, 0.29) is 0 Å². The minimum atomic E-state index is 0.661. The molecule has 2 saturated carbocycles. The number of rotatable bonds is 7. The fourth-order valence-electron chi connectivity index (χ4n) is 3.86. The lowest BCUT2D eigenvalue weighted by molar-refractivity contribution is 0.0960. The normalized spacial score (nSPS) is 30.0. The van der Waals surface area contributed by atoms with Crippen LogP contribution in [0.25, 0.3) is 0 Å². The Hall–Kier alpha value is -0.0800. The molecule has 0 spiro atoms. The molecule has 0 aliphatic heterocycles. The van der Waals surface area contributed by atoms with E-state index < -0.39 is 0 Å². The van der Waals surface area contributed by atoms with Gasteiger partial charge in [0.05, 0.1) is 0 Å².